The van der Waals surface area contributed by atoms with Gasteiger partial charge in [-0.15, -0.1) is 0 Å². The SMILES string of the molecule is CC(O)C(=O)[O-].CC(O)C(=O)[O-].CC(O)C(=O)[O-].O=C(O)CO.[Al+3]. The third-order valence-electron chi connectivity index (χ3n) is 1.16. The average Bonchev–Trinajstić information content (AvgIpc) is 2.40. The molecule has 138 valence electrons. The number of aliphatic hydroxyl groups is 4. The van der Waals surface area contributed by atoms with Crippen LogP contribution in [0.3, 0.4) is 0 Å². The average molecular weight is 370 g/mol. The Morgan fingerprint density at radius 3 is 0.833 bits per heavy atom. The van der Waals surface area contributed by atoms with Crippen LogP contribution < -0.4 is 15.3 Å². The Hall–Kier alpha value is -1.75. The second-order valence-electron chi connectivity index (χ2n) is 3.54. The van der Waals surface area contributed by atoms with Crippen LogP contribution in [0, 0.1) is 0 Å². The number of rotatable bonds is 4. The second kappa shape index (κ2) is 21.3. The number of aliphatic hydroxyl groups excluding tert-OH is 4. The molecule has 0 bridgehead atoms. The monoisotopic (exact) mass is 370 g/mol. The van der Waals surface area contributed by atoms with E-state index >= 15 is 0 Å². The molecule has 0 aliphatic heterocycles. The number of carbonyl (C=O) groups is 4. The van der Waals surface area contributed by atoms with Crippen LogP contribution in [-0.2, 0) is 19.2 Å². The minimum atomic E-state index is -1.44. The van der Waals surface area contributed by atoms with Crippen molar-refractivity contribution >= 4 is 41.2 Å². The Balaban J connectivity index is -0.0000000661. The molecule has 0 heterocycles. The third-order valence-corrected chi connectivity index (χ3v) is 1.16. The Morgan fingerprint density at radius 2 is 0.833 bits per heavy atom. The molecule has 24 heavy (non-hydrogen) atoms. The van der Waals surface area contributed by atoms with E-state index in [4.69, 9.17) is 30.3 Å². The summed E-state index contributed by atoms with van der Waals surface area (Å²) < 4.78 is 0. The van der Waals surface area contributed by atoms with Gasteiger partial charge in [0, 0.05) is 0 Å². The topological polar surface area (TPSA) is 239 Å². The van der Waals surface area contributed by atoms with E-state index in [1.165, 1.54) is 0 Å². The van der Waals surface area contributed by atoms with Crippen molar-refractivity contribution in [1.82, 2.24) is 0 Å². The molecule has 5 N–H and O–H groups in total. The van der Waals surface area contributed by atoms with Crippen molar-refractivity contribution in [1.29, 1.82) is 0 Å². The maximum atomic E-state index is 9.34. The summed E-state index contributed by atoms with van der Waals surface area (Å²) in [6.45, 7) is 2.62. The van der Waals surface area contributed by atoms with E-state index in [9.17, 15) is 29.7 Å². The molecule has 3 atom stereocenters. The van der Waals surface area contributed by atoms with Gasteiger partial charge in [-0.1, -0.05) is 0 Å². The Labute approximate surface area is 147 Å². The van der Waals surface area contributed by atoms with Crippen LogP contribution in [0.5, 0.6) is 0 Å². The number of aliphatic carboxylic acids is 4. The molecule has 0 aliphatic carbocycles. The van der Waals surface area contributed by atoms with Crippen LogP contribution in [0.15, 0.2) is 0 Å². The van der Waals surface area contributed by atoms with E-state index in [0.29, 0.717) is 0 Å². The van der Waals surface area contributed by atoms with Crippen molar-refractivity contribution in [3.05, 3.63) is 0 Å². The molecule has 0 saturated carbocycles. The fraction of sp³-hybridized carbons (Fsp3) is 0.636. The van der Waals surface area contributed by atoms with Crippen LogP contribution in [-0.4, -0.2) is 91.7 Å². The quantitative estimate of drug-likeness (QED) is 0.290. The first kappa shape index (κ1) is 33.8. The van der Waals surface area contributed by atoms with E-state index in [1.807, 2.05) is 0 Å². The van der Waals surface area contributed by atoms with E-state index in [1.54, 1.807) is 0 Å². The van der Waals surface area contributed by atoms with Crippen LogP contribution in [0.4, 0.5) is 0 Å². The van der Waals surface area contributed by atoms with Gasteiger partial charge in [-0.3, -0.25) is 0 Å². The van der Waals surface area contributed by atoms with Gasteiger partial charge in [-0.2, -0.15) is 0 Å². The van der Waals surface area contributed by atoms with Gasteiger partial charge < -0.3 is 55.2 Å². The summed E-state index contributed by atoms with van der Waals surface area (Å²) >= 11 is 0. The van der Waals surface area contributed by atoms with Crippen molar-refractivity contribution in [3.63, 3.8) is 0 Å². The van der Waals surface area contributed by atoms with Gasteiger partial charge in [0.1, 0.15) is 6.61 Å². The molecule has 0 fully saturated rings. The van der Waals surface area contributed by atoms with E-state index in [-0.39, 0.29) is 17.4 Å². The maximum Gasteiger partial charge on any atom is 3.00 e. The number of carboxylic acids is 4. The number of carbonyl (C=O) groups excluding carboxylic acids is 3. The summed E-state index contributed by atoms with van der Waals surface area (Å²) in [6.07, 6.45) is -4.03. The van der Waals surface area contributed by atoms with Gasteiger partial charge in [0.05, 0.1) is 36.2 Å². The van der Waals surface area contributed by atoms with E-state index in [0.717, 1.165) is 20.8 Å². The fourth-order valence-corrected chi connectivity index (χ4v) is 0. The second-order valence-corrected chi connectivity index (χ2v) is 3.54. The standard InChI is InChI=1S/3C3H6O3.C2H4O3.Al/c3*1-2(4)3(5)6;3-1-2(4)5;/h3*2,4H,1H3,(H,5,6);3H,1H2,(H,4,5);/q;;;;+3/p-3. The Morgan fingerprint density at radius 1 is 0.750 bits per heavy atom. The van der Waals surface area contributed by atoms with Gasteiger partial charge >= 0.3 is 23.3 Å². The predicted molar refractivity (Wildman–Crippen MR) is 70.5 cm³/mol. The molecule has 0 aromatic rings. The number of hydrogen-bond donors (Lipinski definition) is 5. The molecule has 0 aromatic carbocycles. The fourth-order valence-electron chi connectivity index (χ4n) is 0. The smallest absolute Gasteiger partial charge is 0.547 e. The molecular formula is C11H19AlO12. The van der Waals surface area contributed by atoms with Crippen molar-refractivity contribution in [2.45, 2.75) is 39.1 Å². The summed E-state index contributed by atoms with van der Waals surface area (Å²) in [7, 11) is 0. The Bertz CT molecular complexity index is 310. The molecule has 0 aliphatic rings. The van der Waals surface area contributed by atoms with Gasteiger partial charge in [-0.05, 0) is 20.8 Å². The summed E-state index contributed by atoms with van der Waals surface area (Å²) in [4.78, 5) is 37.1. The van der Waals surface area contributed by atoms with Gasteiger partial charge in [0.25, 0.3) is 0 Å². The van der Waals surface area contributed by atoms with E-state index < -0.39 is 48.8 Å². The maximum absolute atomic E-state index is 9.34. The Kier molecular flexibility index (Phi) is 29.9. The molecule has 13 heteroatoms. The van der Waals surface area contributed by atoms with Crippen molar-refractivity contribution in [3.8, 4) is 0 Å². The largest absolute Gasteiger partial charge is 3.00 e. The molecular weight excluding hydrogens is 351 g/mol. The summed E-state index contributed by atoms with van der Waals surface area (Å²) in [5.74, 6) is -5.50. The third kappa shape index (κ3) is 50.0. The first-order valence-electron chi connectivity index (χ1n) is 5.69. The zero-order chi connectivity index (χ0) is 19.7. The zero-order valence-corrected chi connectivity index (χ0v) is 14.3. The van der Waals surface area contributed by atoms with Crippen molar-refractivity contribution < 1.29 is 60.0 Å². The molecule has 12 nitrogen and oxygen atoms in total. The molecule has 0 amide bonds. The van der Waals surface area contributed by atoms with E-state index in [2.05, 4.69) is 0 Å². The van der Waals surface area contributed by atoms with Crippen LogP contribution in [0.25, 0.3) is 0 Å². The minimum Gasteiger partial charge on any atom is -0.547 e. The molecule has 0 rings (SSSR count). The van der Waals surface area contributed by atoms with Crippen molar-refractivity contribution in [2.24, 2.45) is 0 Å². The summed E-state index contributed by atoms with van der Waals surface area (Å²) in [5.41, 5.74) is 0. The van der Waals surface area contributed by atoms with Crippen LogP contribution >= 0.6 is 0 Å². The molecule has 0 spiro atoms. The summed E-state index contributed by atoms with van der Waals surface area (Å²) in [6, 6.07) is 0. The van der Waals surface area contributed by atoms with Crippen molar-refractivity contribution in [2.75, 3.05) is 6.61 Å². The minimum absolute atomic E-state index is 0. The van der Waals surface area contributed by atoms with Gasteiger partial charge in [0.2, 0.25) is 0 Å². The normalized spacial score (nSPS) is 11.8. The first-order valence-corrected chi connectivity index (χ1v) is 5.69. The molecule has 0 saturated heterocycles. The van der Waals surface area contributed by atoms with Gasteiger partial charge in [0.15, 0.2) is 0 Å². The zero-order valence-electron chi connectivity index (χ0n) is 13.1. The summed E-state index contributed by atoms with van der Waals surface area (Å²) in [5, 5.41) is 66.9. The first-order chi connectivity index (χ1) is 10.2. The van der Waals surface area contributed by atoms with Gasteiger partial charge in [-0.25, -0.2) is 4.79 Å². The number of carboxylic acid groups (broad SMARTS) is 4. The molecule has 3 unspecified atom stereocenters. The number of hydrogen-bond acceptors (Lipinski definition) is 11. The van der Waals surface area contributed by atoms with Crippen LogP contribution in [0.1, 0.15) is 20.8 Å². The predicted octanol–water partition coefficient (Wildman–Crippen LogP) is -6.97. The molecule has 0 radical (unpaired) electrons. The van der Waals surface area contributed by atoms with Crippen LogP contribution in [0.2, 0.25) is 0 Å². The molecule has 0 aromatic heterocycles.